The van der Waals surface area contributed by atoms with Gasteiger partial charge in [0.1, 0.15) is 11.6 Å². The van der Waals surface area contributed by atoms with Crippen molar-refractivity contribution in [3.05, 3.63) is 0 Å². The fourth-order valence-corrected chi connectivity index (χ4v) is 3.79. The number of carbonyl (C=O) groups is 1. The molecule has 0 aromatic rings. The van der Waals surface area contributed by atoms with E-state index in [2.05, 4.69) is 39.9 Å². The lowest BCUT2D eigenvalue weighted by Crippen LogP contribution is -2.49. The summed E-state index contributed by atoms with van der Waals surface area (Å²) in [5, 5.41) is 9.67. The van der Waals surface area contributed by atoms with Gasteiger partial charge in [0.2, 0.25) is 0 Å². The number of hydrogen-bond donors (Lipinski definition) is 0. The Kier molecular flexibility index (Phi) is 5.60. The molecular weight excluding hydrogens is 308 g/mol. The molecule has 1 aliphatic rings. The Hall–Kier alpha value is -1.06. The Balaban J connectivity index is 2.96. The minimum atomic E-state index is -2.00. The fourth-order valence-electron chi connectivity index (χ4n) is 2.45. The lowest BCUT2D eigenvalue weighted by atomic mass is 10.2. The van der Waals surface area contributed by atoms with Gasteiger partial charge in [0.25, 0.3) is 0 Å². The molecule has 23 heavy (non-hydrogen) atoms. The number of nitrogens with zero attached hydrogens (tertiary/aromatic N) is 2. The molecule has 0 radical (unpaired) electrons. The van der Waals surface area contributed by atoms with Crippen LogP contribution in [0.3, 0.4) is 0 Å². The van der Waals surface area contributed by atoms with E-state index in [0.29, 0.717) is 6.42 Å². The molecule has 1 aliphatic heterocycles. The molecule has 1 saturated heterocycles. The van der Waals surface area contributed by atoms with E-state index in [1.165, 1.54) is 0 Å². The molecule has 0 aromatic heterocycles. The molecule has 132 valence electrons. The van der Waals surface area contributed by atoms with Gasteiger partial charge in [0, 0.05) is 6.04 Å². The van der Waals surface area contributed by atoms with E-state index in [1.54, 1.807) is 4.90 Å². The second kappa shape index (κ2) is 6.44. The third-order valence-electron chi connectivity index (χ3n) is 4.69. The largest absolute Gasteiger partial charge is 0.444 e. The first-order chi connectivity index (χ1) is 10.2. The third-order valence-corrected chi connectivity index (χ3v) is 9.19. The maximum Gasteiger partial charge on any atom is 0.411 e. The van der Waals surface area contributed by atoms with Crippen molar-refractivity contribution in [3.63, 3.8) is 0 Å². The van der Waals surface area contributed by atoms with Crippen LogP contribution in [-0.2, 0) is 9.16 Å². The highest BCUT2D eigenvalue weighted by molar-refractivity contribution is 6.74. The molecule has 6 heteroatoms. The van der Waals surface area contributed by atoms with Crippen LogP contribution in [0.2, 0.25) is 18.1 Å². The molecule has 3 atom stereocenters. The molecule has 0 bridgehead atoms. The number of hydrogen-bond acceptors (Lipinski definition) is 4. The molecular formula is C17H32N2O3Si. The van der Waals surface area contributed by atoms with Crippen LogP contribution in [0.25, 0.3) is 0 Å². The Morgan fingerprint density at radius 1 is 1.22 bits per heavy atom. The van der Waals surface area contributed by atoms with Crippen molar-refractivity contribution in [1.29, 1.82) is 5.26 Å². The number of likely N-dealkylation sites (tertiary alicyclic amines) is 1. The molecule has 1 amide bonds. The summed E-state index contributed by atoms with van der Waals surface area (Å²) in [6, 6.07) is 1.60. The number of rotatable bonds is 2. The minimum absolute atomic E-state index is 0.0651. The molecule has 0 unspecified atom stereocenters. The van der Waals surface area contributed by atoms with Gasteiger partial charge in [-0.1, -0.05) is 20.8 Å². The molecule has 1 heterocycles. The van der Waals surface area contributed by atoms with Gasteiger partial charge in [0.05, 0.1) is 12.2 Å². The summed E-state index contributed by atoms with van der Waals surface area (Å²) in [4.78, 5) is 14.0. The van der Waals surface area contributed by atoms with Crippen LogP contribution < -0.4 is 0 Å². The Morgan fingerprint density at radius 3 is 2.13 bits per heavy atom. The maximum absolute atomic E-state index is 12.5. The minimum Gasteiger partial charge on any atom is -0.444 e. The molecule has 0 aromatic carbocycles. The van der Waals surface area contributed by atoms with E-state index in [4.69, 9.17) is 9.16 Å². The van der Waals surface area contributed by atoms with E-state index in [0.717, 1.165) is 0 Å². The van der Waals surface area contributed by atoms with Gasteiger partial charge in [0.15, 0.2) is 8.32 Å². The topological polar surface area (TPSA) is 62.6 Å². The summed E-state index contributed by atoms with van der Waals surface area (Å²) < 4.78 is 11.9. The van der Waals surface area contributed by atoms with Crippen LogP contribution in [0.5, 0.6) is 0 Å². The van der Waals surface area contributed by atoms with E-state index in [1.807, 2.05) is 27.7 Å². The second-order valence-corrected chi connectivity index (χ2v) is 13.7. The Bertz CT molecular complexity index is 486. The van der Waals surface area contributed by atoms with E-state index in [-0.39, 0.29) is 17.2 Å². The van der Waals surface area contributed by atoms with Crippen LogP contribution in [-0.4, -0.2) is 43.1 Å². The molecule has 0 N–H and O–H groups in total. The van der Waals surface area contributed by atoms with Crippen molar-refractivity contribution < 1.29 is 14.0 Å². The van der Waals surface area contributed by atoms with Crippen molar-refractivity contribution in [3.8, 4) is 6.07 Å². The standard InChI is InChI=1S/C17H32N2O3Si/c1-12-10-14(22-23(8,9)17(5,6)7)13(11-18)19(12)15(20)21-16(2,3)4/h12-14H,10H2,1-9H3/t12-,13-,14-/m1/s1. The lowest BCUT2D eigenvalue weighted by Gasteiger charge is -2.39. The number of carbonyl (C=O) groups excluding carboxylic acids is 1. The second-order valence-electron chi connectivity index (χ2n) is 8.96. The van der Waals surface area contributed by atoms with E-state index < -0.39 is 26.1 Å². The van der Waals surface area contributed by atoms with Gasteiger partial charge in [-0.2, -0.15) is 5.26 Å². The first kappa shape index (κ1) is 20.0. The first-order valence-corrected chi connectivity index (χ1v) is 11.2. The highest BCUT2D eigenvalue weighted by Crippen LogP contribution is 2.40. The van der Waals surface area contributed by atoms with Gasteiger partial charge < -0.3 is 9.16 Å². The Labute approximate surface area is 142 Å². The van der Waals surface area contributed by atoms with Gasteiger partial charge >= 0.3 is 6.09 Å². The molecule has 1 fully saturated rings. The van der Waals surface area contributed by atoms with Gasteiger partial charge in [-0.3, -0.25) is 4.90 Å². The average Bonchev–Trinajstić information content (AvgIpc) is 2.60. The number of ether oxygens (including phenoxy) is 1. The average molecular weight is 341 g/mol. The predicted octanol–water partition coefficient (Wildman–Crippen LogP) is 4.30. The number of amides is 1. The first-order valence-electron chi connectivity index (χ1n) is 8.28. The maximum atomic E-state index is 12.5. The van der Waals surface area contributed by atoms with E-state index >= 15 is 0 Å². The summed E-state index contributed by atoms with van der Waals surface area (Å²) in [7, 11) is -2.00. The number of nitriles is 1. The van der Waals surface area contributed by atoms with Gasteiger partial charge in [-0.05, 0) is 52.2 Å². The SMILES string of the molecule is C[C@@H]1C[C@@H](O[Si](C)(C)C(C)(C)C)[C@@H](C#N)N1C(=O)OC(C)(C)C. The van der Waals surface area contributed by atoms with Crippen molar-refractivity contribution in [2.45, 2.75) is 96.8 Å². The molecule has 0 aliphatic carbocycles. The summed E-state index contributed by atoms with van der Waals surface area (Å²) in [5.41, 5.74) is -0.574. The zero-order valence-electron chi connectivity index (χ0n) is 16.1. The Morgan fingerprint density at radius 2 is 1.74 bits per heavy atom. The molecule has 5 nitrogen and oxygen atoms in total. The third kappa shape index (κ3) is 4.71. The van der Waals surface area contributed by atoms with Gasteiger partial charge in [-0.15, -0.1) is 0 Å². The predicted molar refractivity (Wildman–Crippen MR) is 93.6 cm³/mol. The summed E-state index contributed by atoms with van der Waals surface area (Å²) in [5.74, 6) is 0. The highest BCUT2D eigenvalue weighted by atomic mass is 28.4. The molecule has 0 spiro atoms. The quantitative estimate of drug-likeness (QED) is 0.703. The normalized spacial score (nSPS) is 26.1. The van der Waals surface area contributed by atoms with E-state index in [9.17, 15) is 10.1 Å². The monoisotopic (exact) mass is 340 g/mol. The fraction of sp³-hybridized carbons (Fsp3) is 0.882. The van der Waals surface area contributed by atoms with Crippen LogP contribution in [0, 0.1) is 11.3 Å². The molecule has 0 saturated carbocycles. The van der Waals surface area contributed by atoms with Crippen molar-refractivity contribution >= 4 is 14.4 Å². The smallest absolute Gasteiger partial charge is 0.411 e. The lowest BCUT2D eigenvalue weighted by molar-refractivity contribution is 0.0165. The van der Waals surface area contributed by atoms with Crippen molar-refractivity contribution in [2.75, 3.05) is 0 Å². The zero-order chi connectivity index (χ0) is 18.2. The van der Waals surface area contributed by atoms with Crippen LogP contribution >= 0.6 is 0 Å². The van der Waals surface area contributed by atoms with Crippen LogP contribution in [0.15, 0.2) is 0 Å². The zero-order valence-corrected chi connectivity index (χ0v) is 17.1. The van der Waals surface area contributed by atoms with Crippen LogP contribution in [0.1, 0.15) is 54.9 Å². The molecule has 1 rings (SSSR count). The van der Waals surface area contributed by atoms with Crippen LogP contribution in [0.4, 0.5) is 4.79 Å². The highest BCUT2D eigenvalue weighted by Gasteiger charge is 2.48. The van der Waals surface area contributed by atoms with Crippen molar-refractivity contribution in [1.82, 2.24) is 4.90 Å². The summed E-state index contributed by atoms with van der Waals surface area (Å²) in [6.45, 7) is 18.3. The summed E-state index contributed by atoms with van der Waals surface area (Å²) in [6.07, 6.45) is -0.00875. The van der Waals surface area contributed by atoms with Gasteiger partial charge in [-0.25, -0.2) is 4.79 Å². The summed E-state index contributed by atoms with van der Waals surface area (Å²) >= 11 is 0. The van der Waals surface area contributed by atoms with Crippen molar-refractivity contribution in [2.24, 2.45) is 0 Å².